The van der Waals surface area contributed by atoms with E-state index in [9.17, 15) is 4.79 Å². The highest BCUT2D eigenvalue weighted by Crippen LogP contribution is 2.19. The fourth-order valence-electron chi connectivity index (χ4n) is 2.38. The third kappa shape index (κ3) is 3.99. The lowest BCUT2D eigenvalue weighted by Crippen LogP contribution is -2.46. The molecule has 1 aromatic heterocycles. The molecule has 0 bridgehead atoms. The first-order valence-electron chi connectivity index (χ1n) is 6.63. The number of methoxy groups -OCH3 is 1. The Labute approximate surface area is 118 Å². The predicted molar refractivity (Wildman–Crippen MR) is 75.1 cm³/mol. The number of piperidine rings is 1. The number of thiazole rings is 1. The van der Waals surface area contributed by atoms with Gasteiger partial charge in [0.1, 0.15) is 11.6 Å². The molecule has 1 aliphatic rings. The summed E-state index contributed by atoms with van der Waals surface area (Å²) in [7, 11) is 1.56. The molecule has 1 fully saturated rings. The van der Waals surface area contributed by atoms with Crippen LogP contribution in [0.2, 0.25) is 0 Å². The van der Waals surface area contributed by atoms with Crippen molar-refractivity contribution in [1.29, 1.82) is 0 Å². The predicted octanol–water partition coefficient (Wildman–Crippen LogP) is 1.43. The molecule has 0 aromatic carbocycles. The molecule has 1 saturated heterocycles. The Hall–Kier alpha value is -0.980. The zero-order valence-electron chi connectivity index (χ0n) is 11.5. The second-order valence-corrected chi connectivity index (χ2v) is 5.77. The molecule has 1 atom stereocenters. The number of hydrogen-bond acceptors (Lipinski definition) is 5. The number of amides is 1. The minimum absolute atomic E-state index is 0.0916. The molecule has 1 N–H and O–H groups in total. The molecule has 6 heteroatoms. The summed E-state index contributed by atoms with van der Waals surface area (Å²) in [5.41, 5.74) is 0. The van der Waals surface area contributed by atoms with E-state index < -0.39 is 0 Å². The summed E-state index contributed by atoms with van der Waals surface area (Å²) in [5.74, 6) is 0.0916. The molecule has 2 heterocycles. The minimum Gasteiger partial charge on any atom is -0.375 e. The van der Waals surface area contributed by atoms with Gasteiger partial charge in [0.05, 0.1) is 6.04 Å². The van der Waals surface area contributed by atoms with Gasteiger partial charge in [-0.1, -0.05) is 0 Å². The van der Waals surface area contributed by atoms with Crippen LogP contribution in [0.5, 0.6) is 0 Å². The fourth-order valence-corrected chi connectivity index (χ4v) is 3.04. The van der Waals surface area contributed by atoms with Gasteiger partial charge in [-0.3, -0.25) is 4.79 Å². The third-order valence-corrected chi connectivity index (χ3v) is 4.38. The monoisotopic (exact) mass is 283 g/mol. The number of hydrogen-bond donors (Lipinski definition) is 1. The molecule has 1 aliphatic heterocycles. The van der Waals surface area contributed by atoms with Gasteiger partial charge in [0.2, 0.25) is 5.91 Å². The van der Waals surface area contributed by atoms with Gasteiger partial charge in [-0.25, -0.2) is 4.98 Å². The first-order valence-corrected chi connectivity index (χ1v) is 7.51. The molecule has 106 valence electrons. The minimum atomic E-state index is 0.0916. The van der Waals surface area contributed by atoms with E-state index in [0.29, 0.717) is 6.04 Å². The molecule has 1 aromatic rings. The number of aromatic nitrogens is 1. The highest BCUT2D eigenvalue weighted by Gasteiger charge is 2.24. The van der Waals surface area contributed by atoms with Crippen molar-refractivity contribution in [2.24, 2.45) is 0 Å². The fraction of sp³-hybridized carbons (Fsp3) is 0.692. The van der Waals surface area contributed by atoms with Gasteiger partial charge in [0, 0.05) is 37.8 Å². The Morgan fingerprint density at radius 3 is 2.95 bits per heavy atom. The molecule has 0 saturated carbocycles. The second-order valence-electron chi connectivity index (χ2n) is 4.85. The molecule has 19 heavy (non-hydrogen) atoms. The summed E-state index contributed by atoms with van der Waals surface area (Å²) >= 11 is 1.68. The standard InChI is InChI=1S/C13H21N3O2S/c1-10(13-14-5-8-19-13)15-11-3-6-16(7-4-11)12(17)9-18-2/h5,8,10-11,15H,3-4,6-7,9H2,1-2H3. The number of nitrogens with one attached hydrogen (secondary N) is 1. The molecule has 1 amide bonds. The van der Waals surface area contributed by atoms with Crippen molar-refractivity contribution in [3.8, 4) is 0 Å². The van der Waals surface area contributed by atoms with Crippen molar-refractivity contribution >= 4 is 17.2 Å². The quantitative estimate of drug-likeness (QED) is 0.888. The zero-order chi connectivity index (χ0) is 13.7. The van der Waals surface area contributed by atoms with Crippen LogP contribution in [-0.4, -0.2) is 48.6 Å². The number of rotatable bonds is 5. The molecular weight excluding hydrogens is 262 g/mol. The van der Waals surface area contributed by atoms with Crippen LogP contribution in [0.1, 0.15) is 30.8 Å². The van der Waals surface area contributed by atoms with Crippen molar-refractivity contribution in [3.05, 3.63) is 16.6 Å². The highest BCUT2D eigenvalue weighted by atomic mass is 32.1. The number of nitrogens with zero attached hydrogens (tertiary/aromatic N) is 2. The van der Waals surface area contributed by atoms with Crippen LogP contribution in [0, 0.1) is 0 Å². The molecule has 0 aliphatic carbocycles. The number of carbonyl (C=O) groups excluding carboxylic acids is 1. The molecule has 1 unspecified atom stereocenters. The Morgan fingerprint density at radius 1 is 1.63 bits per heavy atom. The smallest absolute Gasteiger partial charge is 0.248 e. The van der Waals surface area contributed by atoms with E-state index in [2.05, 4.69) is 17.2 Å². The molecule has 5 nitrogen and oxygen atoms in total. The summed E-state index contributed by atoms with van der Waals surface area (Å²) < 4.78 is 4.88. The molecule has 0 spiro atoms. The maximum atomic E-state index is 11.7. The summed E-state index contributed by atoms with van der Waals surface area (Å²) in [6.45, 7) is 3.95. The van der Waals surface area contributed by atoms with Gasteiger partial charge >= 0.3 is 0 Å². The van der Waals surface area contributed by atoms with Crippen molar-refractivity contribution < 1.29 is 9.53 Å². The van der Waals surface area contributed by atoms with Crippen LogP contribution in [0.3, 0.4) is 0 Å². The van der Waals surface area contributed by atoms with Gasteiger partial charge in [-0.05, 0) is 19.8 Å². The maximum Gasteiger partial charge on any atom is 0.248 e. The average Bonchev–Trinajstić information content (AvgIpc) is 2.94. The SMILES string of the molecule is COCC(=O)N1CCC(NC(C)c2nccs2)CC1. The largest absolute Gasteiger partial charge is 0.375 e. The van der Waals surface area contributed by atoms with E-state index >= 15 is 0 Å². The summed E-state index contributed by atoms with van der Waals surface area (Å²) in [5, 5.41) is 6.71. The number of ether oxygens (including phenoxy) is 1. The maximum absolute atomic E-state index is 11.7. The van der Waals surface area contributed by atoms with Gasteiger partial charge < -0.3 is 15.0 Å². The van der Waals surface area contributed by atoms with E-state index in [0.717, 1.165) is 30.9 Å². The topological polar surface area (TPSA) is 54.5 Å². The van der Waals surface area contributed by atoms with Crippen molar-refractivity contribution in [3.63, 3.8) is 0 Å². The van der Waals surface area contributed by atoms with Crippen LogP contribution < -0.4 is 5.32 Å². The summed E-state index contributed by atoms with van der Waals surface area (Å²) in [6, 6.07) is 0.747. The van der Waals surface area contributed by atoms with E-state index in [1.807, 2.05) is 16.5 Å². The van der Waals surface area contributed by atoms with E-state index in [1.165, 1.54) is 0 Å². The first kappa shape index (κ1) is 14.4. The van der Waals surface area contributed by atoms with Crippen LogP contribution in [0.15, 0.2) is 11.6 Å². The van der Waals surface area contributed by atoms with Crippen LogP contribution in [-0.2, 0) is 9.53 Å². The van der Waals surface area contributed by atoms with Crippen LogP contribution >= 0.6 is 11.3 Å². The Bertz CT molecular complexity index is 389. The highest BCUT2D eigenvalue weighted by molar-refractivity contribution is 7.09. The first-order chi connectivity index (χ1) is 9.20. The van der Waals surface area contributed by atoms with E-state index in [1.54, 1.807) is 18.4 Å². The van der Waals surface area contributed by atoms with Gasteiger partial charge in [0.25, 0.3) is 0 Å². The van der Waals surface area contributed by atoms with E-state index in [-0.39, 0.29) is 18.6 Å². The lowest BCUT2D eigenvalue weighted by Gasteiger charge is -2.33. The third-order valence-electron chi connectivity index (χ3n) is 3.42. The number of likely N-dealkylation sites (tertiary alicyclic amines) is 1. The lowest BCUT2D eigenvalue weighted by molar-refractivity contribution is -0.136. The molecular formula is C13H21N3O2S. The zero-order valence-corrected chi connectivity index (χ0v) is 12.3. The van der Waals surface area contributed by atoms with Crippen LogP contribution in [0.25, 0.3) is 0 Å². The second kappa shape index (κ2) is 6.98. The Morgan fingerprint density at radius 2 is 2.37 bits per heavy atom. The van der Waals surface area contributed by atoms with Crippen molar-refractivity contribution in [2.45, 2.75) is 31.8 Å². The van der Waals surface area contributed by atoms with Crippen LogP contribution in [0.4, 0.5) is 0 Å². The lowest BCUT2D eigenvalue weighted by atomic mass is 10.0. The molecule has 0 radical (unpaired) electrons. The van der Waals surface area contributed by atoms with Gasteiger partial charge in [0.15, 0.2) is 0 Å². The Balaban J connectivity index is 1.76. The normalized spacial score (nSPS) is 18.5. The van der Waals surface area contributed by atoms with E-state index in [4.69, 9.17) is 4.74 Å². The Kier molecular flexibility index (Phi) is 5.30. The van der Waals surface area contributed by atoms with Crippen molar-refractivity contribution in [1.82, 2.24) is 15.2 Å². The van der Waals surface area contributed by atoms with Crippen molar-refractivity contribution in [2.75, 3.05) is 26.8 Å². The summed E-state index contributed by atoms with van der Waals surface area (Å²) in [6.07, 6.45) is 3.82. The number of carbonyl (C=O) groups is 1. The van der Waals surface area contributed by atoms with Gasteiger partial charge in [-0.2, -0.15) is 0 Å². The molecule has 2 rings (SSSR count). The average molecular weight is 283 g/mol. The summed E-state index contributed by atoms with van der Waals surface area (Å²) in [4.78, 5) is 17.9. The van der Waals surface area contributed by atoms with Gasteiger partial charge in [-0.15, -0.1) is 11.3 Å².